The number of carbonyl (C=O) groups is 1. The van der Waals surface area contributed by atoms with E-state index in [1.54, 1.807) is 12.1 Å². The number of oxazole rings is 1. The quantitative estimate of drug-likeness (QED) is 0.462. The van der Waals surface area contributed by atoms with Gasteiger partial charge in [0.2, 0.25) is 5.91 Å². The van der Waals surface area contributed by atoms with Crippen LogP contribution < -0.4 is 11.1 Å². The average molecular weight is 419 g/mol. The summed E-state index contributed by atoms with van der Waals surface area (Å²) in [6, 6.07) is 9.30. The van der Waals surface area contributed by atoms with Crippen LogP contribution in [0.1, 0.15) is 17.0 Å². The summed E-state index contributed by atoms with van der Waals surface area (Å²) in [7, 11) is 0. The SMILES string of the molecule is Cc1nc2c(C)cccn2c1CC(=O)Nc1nc(-c2ccc3[nH]c(=O)oc3c2)cs1. The lowest BCUT2D eigenvalue weighted by atomic mass is 10.1. The largest absolute Gasteiger partial charge is 0.417 e. The number of nitrogens with one attached hydrogen (secondary N) is 2. The number of pyridine rings is 1. The Labute approximate surface area is 174 Å². The van der Waals surface area contributed by atoms with E-state index in [9.17, 15) is 9.59 Å². The van der Waals surface area contributed by atoms with Gasteiger partial charge in [0.25, 0.3) is 0 Å². The summed E-state index contributed by atoms with van der Waals surface area (Å²) in [5.41, 5.74) is 6.21. The summed E-state index contributed by atoms with van der Waals surface area (Å²) < 4.78 is 7.06. The normalized spacial score (nSPS) is 11.4. The van der Waals surface area contributed by atoms with Gasteiger partial charge in [0.15, 0.2) is 10.7 Å². The molecule has 5 aromatic rings. The Morgan fingerprint density at radius 2 is 2.13 bits per heavy atom. The van der Waals surface area contributed by atoms with E-state index in [0.29, 0.717) is 21.9 Å². The molecule has 0 unspecified atom stereocenters. The first-order valence-electron chi connectivity index (χ1n) is 9.30. The van der Waals surface area contributed by atoms with E-state index in [1.807, 2.05) is 48.0 Å². The molecule has 150 valence electrons. The Kier molecular flexibility index (Phi) is 4.25. The molecule has 30 heavy (non-hydrogen) atoms. The van der Waals surface area contributed by atoms with Gasteiger partial charge in [0, 0.05) is 17.1 Å². The molecule has 0 bridgehead atoms. The van der Waals surface area contributed by atoms with Crippen molar-refractivity contribution in [2.45, 2.75) is 20.3 Å². The van der Waals surface area contributed by atoms with Gasteiger partial charge in [-0.25, -0.2) is 14.8 Å². The zero-order valence-corrected chi connectivity index (χ0v) is 17.0. The van der Waals surface area contributed by atoms with Crippen molar-refractivity contribution in [2.75, 3.05) is 5.32 Å². The molecule has 1 amide bonds. The van der Waals surface area contributed by atoms with Gasteiger partial charge in [-0.05, 0) is 37.6 Å². The van der Waals surface area contributed by atoms with Crippen molar-refractivity contribution >= 4 is 39.1 Å². The number of H-pyrrole nitrogens is 1. The van der Waals surface area contributed by atoms with E-state index in [1.165, 1.54) is 11.3 Å². The minimum atomic E-state index is -0.494. The number of rotatable bonds is 4. The number of nitrogens with zero attached hydrogens (tertiary/aromatic N) is 3. The molecular weight excluding hydrogens is 402 g/mol. The van der Waals surface area contributed by atoms with E-state index in [-0.39, 0.29) is 12.3 Å². The van der Waals surface area contributed by atoms with E-state index < -0.39 is 5.76 Å². The zero-order valence-electron chi connectivity index (χ0n) is 16.2. The number of hydrogen-bond acceptors (Lipinski definition) is 6. The third kappa shape index (κ3) is 3.18. The first-order chi connectivity index (χ1) is 14.5. The van der Waals surface area contributed by atoms with Gasteiger partial charge in [-0.3, -0.25) is 9.78 Å². The molecular formula is C21H17N5O3S. The monoisotopic (exact) mass is 419 g/mol. The fourth-order valence-corrected chi connectivity index (χ4v) is 4.20. The standard InChI is InChI=1S/C21H17N5O3S/c1-11-4-3-7-26-16(12(2)22-19(11)26)9-18(27)25-20-23-15(10-30-20)13-5-6-14-17(8-13)29-21(28)24-14/h3-8,10H,9H2,1-2H3,(H,24,28)(H,23,25,27). The molecule has 1 aromatic carbocycles. The van der Waals surface area contributed by atoms with Gasteiger partial charge in [0.1, 0.15) is 5.65 Å². The van der Waals surface area contributed by atoms with Crippen molar-refractivity contribution < 1.29 is 9.21 Å². The molecule has 0 aliphatic rings. The molecule has 4 aromatic heterocycles. The molecule has 0 atom stereocenters. The first kappa shape index (κ1) is 18.3. The first-order valence-corrected chi connectivity index (χ1v) is 10.2. The molecule has 0 saturated heterocycles. The van der Waals surface area contributed by atoms with Crippen molar-refractivity contribution in [3.8, 4) is 11.3 Å². The van der Waals surface area contributed by atoms with Gasteiger partial charge in [-0.2, -0.15) is 0 Å². The Bertz CT molecular complexity index is 1470. The maximum absolute atomic E-state index is 12.6. The number of hydrogen-bond donors (Lipinski definition) is 2. The molecule has 4 heterocycles. The third-order valence-corrected chi connectivity index (χ3v) is 5.70. The molecule has 0 spiro atoms. The van der Waals surface area contributed by atoms with E-state index in [2.05, 4.69) is 20.3 Å². The predicted octanol–water partition coefficient (Wildman–Crippen LogP) is 3.69. The lowest BCUT2D eigenvalue weighted by molar-refractivity contribution is -0.115. The molecule has 9 heteroatoms. The highest BCUT2D eigenvalue weighted by atomic mass is 32.1. The Morgan fingerprint density at radius 1 is 1.27 bits per heavy atom. The highest BCUT2D eigenvalue weighted by Crippen LogP contribution is 2.27. The number of benzene rings is 1. The maximum atomic E-state index is 12.6. The number of imidazole rings is 1. The van der Waals surface area contributed by atoms with E-state index in [0.717, 1.165) is 28.2 Å². The van der Waals surface area contributed by atoms with Gasteiger partial charge in [-0.15, -0.1) is 11.3 Å². The lowest BCUT2D eigenvalue weighted by Gasteiger charge is -2.04. The number of aromatic nitrogens is 4. The van der Waals surface area contributed by atoms with Crippen LogP contribution in [-0.4, -0.2) is 25.3 Å². The summed E-state index contributed by atoms with van der Waals surface area (Å²) in [5.74, 6) is -0.652. The van der Waals surface area contributed by atoms with Crippen LogP contribution in [0.3, 0.4) is 0 Å². The smallest absolute Gasteiger partial charge is 0.408 e. The van der Waals surface area contributed by atoms with Gasteiger partial charge in [0.05, 0.1) is 29.0 Å². The minimum Gasteiger partial charge on any atom is -0.408 e. The number of thiazole rings is 1. The molecule has 8 nitrogen and oxygen atoms in total. The Morgan fingerprint density at radius 3 is 3.00 bits per heavy atom. The van der Waals surface area contributed by atoms with Crippen LogP contribution in [0.5, 0.6) is 0 Å². The van der Waals surface area contributed by atoms with Crippen LogP contribution in [0, 0.1) is 13.8 Å². The highest BCUT2D eigenvalue weighted by Gasteiger charge is 2.15. The summed E-state index contributed by atoms with van der Waals surface area (Å²) in [5, 5.41) is 5.23. The van der Waals surface area contributed by atoms with Crippen molar-refractivity contribution in [3.05, 3.63) is 69.4 Å². The van der Waals surface area contributed by atoms with Crippen LogP contribution in [0.25, 0.3) is 28.0 Å². The van der Waals surface area contributed by atoms with E-state index >= 15 is 0 Å². The summed E-state index contributed by atoms with van der Waals surface area (Å²) in [6.45, 7) is 3.91. The van der Waals surface area contributed by atoms with Crippen LogP contribution in [0.2, 0.25) is 0 Å². The zero-order chi connectivity index (χ0) is 20.8. The van der Waals surface area contributed by atoms with Crippen molar-refractivity contribution in [1.29, 1.82) is 0 Å². The van der Waals surface area contributed by atoms with Crippen LogP contribution in [-0.2, 0) is 11.2 Å². The van der Waals surface area contributed by atoms with Gasteiger partial charge < -0.3 is 14.1 Å². The van der Waals surface area contributed by atoms with Crippen molar-refractivity contribution in [3.63, 3.8) is 0 Å². The van der Waals surface area contributed by atoms with Gasteiger partial charge >= 0.3 is 5.76 Å². The number of amides is 1. The van der Waals surface area contributed by atoms with Gasteiger partial charge in [-0.1, -0.05) is 12.1 Å². The number of carbonyl (C=O) groups excluding carboxylic acids is 1. The molecule has 0 saturated carbocycles. The highest BCUT2D eigenvalue weighted by molar-refractivity contribution is 7.14. The number of aromatic amines is 1. The second kappa shape index (κ2) is 6.96. The summed E-state index contributed by atoms with van der Waals surface area (Å²) in [4.78, 5) is 35.7. The Balaban J connectivity index is 1.36. The number of fused-ring (bicyclic) bond motifs is 2. The topological polar surface area (TPSA) is 105 Å². The molecule has 0 fully saturated rings. The van der Waals surface area contributed by atoms with Crippen molar-refractivity contribution in [1.82, 2.24) is 19.4 Å². The van der Waals surface area contributed by atoms with E-state index in [4.69, 9.17) is 4.42 Å². The van der Waals surface area contributed by atoms with Crippen LogP contribution in [0.15, 0.2) is 51.1 Å². The van der Waals surface area contributed by atoms with Crippen LogP contribution in [0.4, 0.5) is 5.13 Å². The fourth-order valence-electron chi connectivity index (χ4n) is 3.46. The molecule has 2 N–H and O–H groups in total. The number of anilines is 1. The second-order valence-corrected chi connectivity index (χ2v) is 7.88. The summed E-state index contributed by atoms with van der Waals surface area (Å²) >= 11 is 1.34. The van der Waals surface area contributed by atoms with Crippen molar-refractivity contribution in [2.24, 2.45) is 0 Å². The predicted molar refractivity (Wildman–Crippen MR) is 115 cm³/mol. The lowest BCUT2D eigenvalue weighted by Crippen LogP contribution is -2.16. The molecule has 0 aliphatic carbocycles. The minimum absolute atomic E-state index is 0.158. The molecule has 0 aliphatic heterocycles. The summed E-state index contributed by atoms with van der Waals surface area (Å²) in [6.07, 6.45) is 2.12. The Hall–Kier alpha value is -3.72. The van der Waals surface area contributed by atoms with Crippen LogP contribution >= 0.6 is 11.3 Å². The molecule has 5 rings (SSSR count). The third-order valence-electron chi connectivity index (χ3n) is 4.94. The molecule has 0 radical (unpaired) electrons. The fraction of sp³-hybridized carbons (Fsp3) is 0.143. The maximum Gasteiger partial charge on any atom is 0.417 e. The average Bonchev–Trinajstić information content (AvgIpc) is 3.39. The second-order valence-electron chi connectivity index (χ2n) is 7.02. The number of aryl methyl sites for hydroxylation is 2.